The van der Waals surface area contributed by atoms with Crippen LogP contribution in [0.1, 0.15) is 28.8 Å². The number of nitrogens with zero attached hydrogens (tertiary/aromatic N) is 2. The minimum absolute atomic E-state index is 0. The molecular weight excluding hydrogens is 318 g/mol. The molecule has 6 heteroatoms. The first-order chi connectivity index (χ1) is 8.66. The van der Waals surface area contributed by atoms with E-state index in [0.717, 1.165) is 5.56 Å². The maximum absolute atomic E-state index is 12.2. The SMILES string of the molecule is O=C1CCC(N2Cc3ccccc3C2=O)C(=O)[N-]1.[Rb+]. The van der Waals surface area contributed by atoms with Crippen LogP contribution in [0.4, 0.5) is 0 Å². The maximum atomic E-state index is 12.2. The number of carbonyl (C=O) groups is 3. The number of carbonyl (C=O) groups excluding carboxylic acids is 3. The summed E-state index contributed by atoms with van der Waals surface area (Å²) in [4.78, 5) is 36.4. The van der Waals surface area contributed by atoms with Gasteiger partial charge < -0.3 is 19.8 Å². The van der Waals surface area contributed by atoms with Gasteiger partial charge in [-0.1, -0.05) is 18.2 Å². The molecule has 92 valence electrons. The zero-order valence-electron chi connectivity index (χ0n) is 10.6. The van der Waals surface area contributed by atoms with Crippen LogP contribution >= 0.6 is 0 Å². The van der Waals surface area contributed by atoms with Gasteiger partial charge in [-0.05, 0) is 24.5 Å². The Bertz CT molecular complexity index is 559. The molecule has 2 aliphatic heterocycles. The summed E-state index contributed by atoms with van der Waals surface area (Å²) in [5, 5.41) is 3.43. The number of rotatable bonds is 1. The van der Waals surface area contributed by atoms with Gasteiger partial charge in [-0.25, -0.2) is 0 Å². The van der Waals surface area contributed by atoms with Crippen LogP contribution in [0, 0.1) is 0 Å². The largest absolute Gasteiger partial charge is 1.00 e. The van der Waals surface area contributed by atoms with Gasteiger partial charge in [-0.15, -0.1) is 0 Å². The van der Waals surface area contributed by atoms with E-state index in [4.69, 9.17) is 0 Å². The predicted octanol–water partition coefficient (Wildman–Crippen LogP) is -1.76. The van der Waals surface area contributed by atoms with E-state index in [1.165, 1.54) is 4.90 Å². The van der Waals surface area contributed by atoms with Crippen LogP contribution in [0.3, 0.4) is 0 Å². The van der Waals surface area contributed by atoms with Gasteiger partial charge in [0.25, 0.3) is 5.91 Å². The van der Waals surface area contributed by atoms with E-state index < -0.39 is 11.9 Å². The maximum Gasteiger partial charge on any atom is 1.00 e. The van der Waals surface area contributed by atoms with Crippen LogP contribution in [0.2, 0.25) is 0 Å². The fourth-order valence-corrected chi connectivity index (χ4v) is 2.45. The normalized spacial score (nSPS) is 21.8. The van der Waals surface area contributed by atoms with Crippen molar-refractivity contribution in [3.63, 3.8) is 0 Å². The van der Waals surface area contributed by atoms with Gasteiger partial charge in [-0.3, -0.25) is 4.79 Å². The first kappa shape index (κ1) is 15.0. The van der Waals surface area contributed by atoms with Crippen molar-refractivity contribution in [3.05, 3.63) is 40.7 Å². The minimum Gasteiger partial charge on any atom is -0.594 e. The van der Waals surface area contributed by atoms with E-state index in [-0.39, 0.29) is 76.4 Å². The summed E-state index contributed by atoms with van der Waals surface area (Å²) in [7, 11) is 0. The molecule has 1 aromatic rings. The molecule has 0 saturated carbocycles. The summed E-state index contributed by atoms with van der Waals surface area (Å²) in [5.74, 6) is -1.03. The molecule has 0 aromatic heterocycles. The van der Waals surface area contributed by atoms with Gasteiger partial charge in [0.05, 0.1) is 17.9 Å². The molecule has 0 N–H and O–H groups in total. The monoisotopic (exact) mass is 328 g/mol. The van der Waals surface area contributed by atoms with Crippen molar-refractivity contribution in [2.75, 3.05) is 0 Å². The predicted molar refractivity (Wildman–Crippen MR) is 62.7 cm³/mol. The molecule has 19 heavy (non-hydrogen) atoms. The van der Waals surface area contributed by atoms with Crippen molar-refractivity contribution in [1.29, 1.82) is 0 Å². The summed E-state index contributed by atoms with van der Waals surface area (Å²) < 4.78 is 0. The molecule has 5 nitrogen and oxygen atoms in total. The standard InChI is InChI=1S/C13H12N2O3.Rb/c16-11-6-5-10(12(17)14-11)15-7-8-3-1-2-4-9(8)13(15)18;/h1-4,10H,5-7H2,(H,14,16,17);/q;+1/p-1. The number of hydrogen-bond donors (Lipinski definition) is 0. The molecule has 1 atom stereocenters. The number of hydrogen-bond acceptors (Lipinski definition) is 3. The third-order valence-corrected chi connectivity index (χ3v) is 3.38. The van der Waals surface area contributed by atoms with E-state index in [2.05, 4.69) is 5.32 Å². The smallest absolute Gasteiger partial charge is 0.594 e. The molecule has 2 aliphatic rings. The Morgan fingerprint density at radius 3 is 2.58 bits per heavy atom. The molecule has 3 amide bonds. The van der Waals surface area contributed by atoms with Gasteiger partial charge in [0.2, 0.25) is 0 Å². The van der Waals surface area contributed by atoms with Crippen LogP contribution in [-0.2, 0) is 16.1 Å². The van der Waals surface area contributed by atoms with Crippen LogP contribution < -0.4 is 58.2 Å². The molecule has 2 heterocycles. The summed E-state index contributed by atoms with van der Waals surface area (Å²) in [6.07, 6.45) is 0.609. The molecule has 1 fully saturated rings. The third kappa shape index (κ3) is 2.74. The summed E-state index contributed by atoms with van der Waals surface area (Å²) in [6, 6.07) is 6.72. The molecule has 1 aromatic carbocycles. The van der Waals surface area contributed by atoms with Gasteiger partial charge in [-0.2, -0.15) is 0 Å². The van der Waals surface area contributed by atoms with E-state index in [9.17, 15) is 14.4 Å². The number of fused-ring (bicyclic) bond motifs is 1. The van der Waals surface area contributed by atoms with Gasteiger partial charge in [0.15, 0.2) is 0 Å². The summed E-state index contributed by atoms with van der Waals surface area (Å²) in [6.45, 7) is 0.426. The average molecular weight is 329 g/mol. The molecule has 3 rings (SSSR count). The number of amides is 3. The van der Waals surface area contributed by atoms with Gasteiger partial charge in [0.1, 0.15) is 0 Å². The van der Waals surface area contributed by atoms with Crippen LogP contribution in [-0.4, -0.2) is 28.7 Å². The van der Waals surface area contributed by atoms with E-state index in [0.29, 0.717) is 18.5 Å². The fraction of sp³-hybridized carbons (Fsp3) is 0.308. The average Bonchev–Trinajstić information content (AvgIpc) is 2.68. The second kappa shape index (κ2) is 5.95. The Kier molecular flexibility index (Phi) is 4.71. The Labute approximate surface area is 159 Å². The van der Waals surface area contributed by atoms with Crippen molar-refractivity contribution in [1.82, 2.24) is 4.90 Å². The molecule has 1 saturated heterocycles. The number of imide groups is 1. The van der Waals surface area contributed by atoms with Crippen molar-refractivity contribution < 1.29 is 72.6 Å². The van der Waals surface area contributed by atoms with Gasteiger partial charge in [0, 0.05) is 12.1 Å². The fourth-order valence-electron chi connectivity index (χ4n) is 2.45. The second-order valence-electron chi connectivity index (χ2n) is 4.49. The van der Waals surface area contributed by atoms with Gasteiger partial charge >= 0.3 is 58.2 Å². The van der Waals surface area contributed by atoms with Crippen LogP contribution in [0.15, 0.2) is 24.3 Å². The first-order valence-corrected chi connectivity index (χ1v) is 5.84. The molecule has 0 spiro atoms. The minimum atomic E-state index is -0.581. The molecule has 1 unspecified atom stereocenters. The number of piperidine rings is 1. The zero-order chi connectivity index (χ0) is 12.7. The van der Waals surface area contributed by atoms with E-state index >= 15 is 0 Å². The van der Waals surface area contributed by atoms with Crippen molar-refractivity contribution in [2.45, 2.75) is 25.4 Å². The summed E-state index contributed by atoms with van der Waals surface area (Å²) >= 11 is 0. The topological polar surface area (TPSA) is 68.6 Å². The van der Waals surface area contributed by atoms with E-state index in [1.54, 1.807) is 12.1 Å². The Hall–Kier alpha value is -0.365. The van der Waals surface area contributed by atoms with Crippen molar-refractivity contribution >= 4 is 17.7 Å². The molecule has 0 bridgehead atoms. The zero-order valence-corrected chi connectivity index (χ0v) is 15.5. The molecule has 0 aliphatic carbocycles. The first-order valence-electron chi connectivity index (χ1n) is 5.84. The van der Waals surface area contributed by atoms with Crippen LogP contribution in [0.5, 0.6) is 0 Å². The summed E-state index contributed by atoms with van der Waals surface area (Å²) in [5.41, 5.74) is 1.56. The quantitative estimate of drug-likeness (QED) is 0.573. The Morgan fingerprint density at radius 2 is 1.89 bits per heavy atom. The molecule has 0 radical (unpaired) electrons. The third-order valence-electron chi connectivity index (χ3n) is 3.38. The second-order valence-corrected chi connectivity index (χ2v) is 4.49. The van der Waals surface area contributed by atoms with Crippen molar-refractivity contribution in [2.24, 2.45) is 0 Å². The van der Waals surface area contributed by atoms with Crippen LogP contribution in [0.25, 0.3) is 5.32 Å². The van der Waals surface area contributed by atoms with Crippen molar-refractivity contribution in [3.8, 4) is 0 Å². The number of benzene rings is 1. The molecular formula is C13H11N2O3Rb. The Balaban J connectivity index is 0.00000133. The Morgan fingerprint density at radius 1 is 1.16 bits per heavy atom. The van der Waals surface area contributed by atoms with E-state index in [1.807, 2.05) is 12.1 Å².